The van der Waals surface area contributed by atoms with Crippen LogP contribution in [0.15, 0.2) is 66.9 Å². The number of nitrogens with one attached hydrogen (secondary N) is 4. The van der Waals surface area contributed by atoms with Crippen LogP contribution in [-0.4, -0.2) is 78.2 Å². The summed E-state index contributed by atoms with van der Waals surface area (Å²) in [7, 11) is 2.12. The summed E-state index contributed by atoms with van der Waals surface area (Å²) < 4.78 is 5.34. The molecule has 4 N–H and O–H groups in total. The summed E-state index contributed by atoms with van der Waals surface area (Å²) in [6.07, 6.45) is 1.69. The van der Waals surface area contributed by atoms with Gasteiger partial charge in [0.15, 0.2) is 0 Å². The van der Waals surface area contributed by atoms with E-state index in [2.05, 4.69) is 43.1 Å². The van der Waals surface area contributed by atoms with E-state index in [1.807, 2.05) is 37.3 Å². The second-order valence-corrected chi connectivity index (χ2v) is 12.1. The lowest BCUT2D eigenvalue weighted by Gasteiger charge is -2.33. The van der Waals surface area contributed by atoms with E-state index in [4.69, 9.17) is 4.74 Å². The monoisotopic (exact) mass is 601 g/mol. The minimum absolute atomic E-state index is 0.197. The molecule has 3 aromatic rings. The molecule has 1 aliphatic heterocycles. The highest BCUT2D eigenvalue weighted by Gasteiger charge is 2.21. The van der Waals surface area contributed by atoms with Crippen LogP contribution in [0.25, 0.3) is 0 Å². The van der Waals surface area contributed by atoms with E-state index in [0.717, 1.165) is 43.9 Å². The number of aryl methyl sites for hydroxylation is 1. The van der Waals surface area contributed by atoms with Gasteiger partial charge in [-0.25, -0.2) is 9.59 Å². The Balaban J connectivity index is 1.44. The molecule has 234 valence electrons. The van der Waals surface area contributed by atoms with Crippen LogP contribution >= 0.6 is 0 Å². The molecule has 2 heterocycles. The number of aromatic nitrogens is 1. The zero-order valence-electron chi connectivity index (χ0n) is 26.1. The summed E-state index contributed by atoms with van der Waals surface area (Å²) in [4.78, 5) is 47.5. The zero-order valence-corrected chi connectivity index (χ0v) is 26.1. The van der Waals surface area contributed by atoms with E-state index < -0.39 is 17.6 Å². The number of ether oxygens (including phenoxy) is 1. The predicted molar refractivity (Wildman–Crippen MR) is 173 cm³/mol. The summed E-state index contributed by atoms with van der Waals surface area (Å²) in [6.45, 7) is 12.1. The van der Waals surface area contributed by atoms with E-state index in [9.17, 15) is 14.4 Å². The number of para-hydroxylation sites is 2. The van der Waals surface area contributed by atoms with Crippen LogP contribution in [0.2, 0.25) is 0 Å². The number of anilines is 3. The van der Waals surface area contributed by atoms with Crippen LogP contribution in [0.4, 0.5) is 26.7 Å². The second kappa shape index (κ2) is 14.8. The summed E-state index contributed by atoms with van der Waals surface area (Å²) in [5.41, 5.74) is 2.96. The molecule has 0 bridgehead atoms. The SMILES string of the molecule is Cc1ccc(NC(=O)NC(CCN2CCN(C)CC2)c2ccc(C(=O)Nc3ccccc3NC(=O)OC(C)(C)C)nc2)cc1. The molecule has 0 spiro atoms. The number of urea groups is 1. The summed E-state index contributed by atoms with van der Waals surface area (Å²) in [5.74, 6) is -0.436. The molecule has 1 fully saturated rings. The molecule has 1 aromatic heterocycles. The van der Waals surface area contributed by atoms with E-state index in [1.165, 1.54) is 0 Å². The van der Waals surface area contributed by atoms with Crippen LogP contribution in [0, 0.1) is 6.92 Å². The minimum Gasteiger partial charge on any atom is -0.444 e. The van der Waals surface area contributed by atoms with Gasteiger partial charge in [0.05, 0.1) is 17.4 Å². The van der Waals surface area contributed by atoms with Crippen molar-refractivity contribution in [2.24, 2.45) is 0 Å². The van der Waals surface area contributed by atoms with Gasteiger partial charge in [-0.15, -0.1) is 0 Å². The number of carbonyl (C=O) groups is 3. The Morgan fingerprint density at radius 2 is 1.55 bits per heavy atom. The van der Waals surface area contributed by atoms with Gasteiger partial charge in [0, 0.05) is 44.6 Å². The fourth-order valence-electron chi connectivity index (χ4n) is 4.71. The molecule has 1 aliphatic rings. The van der Waals surface area contributed by atoms with E-state index in [0.29, 0.717) is 23.5 Å². The number of benzene rings is 2. The fourth-order valence-corrected chi connectivity index (χ4v) is 4.71. The molecule has 2 aromatic carbocycles. The van der Waals surface area contributed by atoms with Crippen LogP contribution in [0.3, 0.4) is 0 Å². The second-order valence-electron chi connectivity index (χ2n) is 12.1. The van der Waals surface area contributed by atoms with Gasteiger partial charge in [-0.3, -0.25) is 15.1 Å². The Morgan fingerprint density at radius 1 is 0.886 bits per heavy atom. The van der Waals surface area contributed by atoms with Crippen molar-refractivity contribution in [3.63, 3.8) is 0 Å². The maximum absolute atomic E-state index is 13.1. The van der Waals surface area contributed by atoms with Gasteiger partial charge >= 0.3 is 12.1 Å². The van der Waals surface area contributed by atoms with Crippen LogP contribution in [0.5, 0.6) is 0 Å². The fraction of sp³-hybridized carbons (Fsp3) is 0.394. The Kier molecular flexibility index (Phi) is 10.9. The Hall–Kier alpha value is -4.48. The van der Waals surface area contributed by atoms with Crippen molar-refractivity contribution in [1.82, 2.24) is 20.1 Å². The first-order chi connectivity index (χ1) is 20.9. The first-order valence-electron chi connectivity index (χ1n) is 14.9. The van der Waals surface area contributed by atoms with Crippen LogP contribution in [-0.2, 0) is 4.74 Å². The molecule has 11 nitrogen and oxygen atoms in total. The van der Waals surface area contributed by atoms with Crippen LogP contribution in [0.1, 0.15) is 54.8 Å². The van der Waals surface area contributed by atoms with Gasteiger partial charge < -0.3 is 30.5 Å². The van der Waals surface area contributed by atoms with E-state index in [1.54, 1.807) is 57.3 Å². The number of pyridine rings is 1. The number of likely N-dealkylation sites (N-methyl/N-ethyl adjacent to an activating group) is 1. The number of nitrogens with zero attached hydrogens (tertiary/aromatic N) is 3. The molecule has 1 saturated heterocycles. The van der Waals surface area contributed by atoms with E-state index in [-0.39, 0.29) is 17.8 Å². The number of amides is 4. The van der Waals surface area contributed by atoms with Crippen molar-refractivity contribution in [3.8, 4) is 0 Å². The van der Waals surface area contributed by atoms with Crippen molar-refractivity contribution in [3.05, 3.63) is 83.7 Å². The largest absolute Gasteiger partial charge is 0.444 e. The van der Waals surface area contributed by atoms with Crippen molar-refractivity contribution in [1.29, 1.82) is 0 Å². The normalized spacial score (nSPS) is 14.8. The molecule has 1 unspecified atom stereocenters. The lowest BCUT2D eigenvalue weighted by molar-refractivity contribution is 0.0635. The van der Waals surface area contributed by atoms with Gasteiger partial charge in [-0.2, -0.15) is 0 Å². The molecule has 4 amide bonds. The van der Waals surface area contributed by atoms with Crippen molar-refractivity contribution in [2.75, 3.05) is 55.7 Å². The van der Waals surface area contributed by atoms with Gasteiger partial charge in [-0.1, -0.05) is 35.9 Å². The molecule has 4 rings (SSSR count). The van der Waals surface area contributed by atoms with Crippen molar-refractivity contribution < 1.29 is 19.1 Å². The highest BCUT2D eigenvalue weighted by molar-refractivity contribution is 6.05. The summed E-state index contributed by atoms with van der Waals surface area (Å²) in [5, 5.41) is 11.5. The molecular weight excluding hydrogens is 558 g/mol. The number of rotatable bonds is 9. The average Bonchev–Trinajstić information content (AvgIpc) is 2.97. The van der Waals surface area contributed by atoms with Gasteiger partial charge in [0.1, 0.15) is 11.3 Å². The lowest BCUT2D eigenvalue weighted by Crippen LogP contribution is -2.45. The minimum atomic E-state index is -0.660. The number of hydrogen-bond donors (Lipinski definition) is 4. The van der Waals surface area contributed by atoms with Gasteiger partial charge in [0.2, 0.25) is 0 Å². The standard InChI is InChI=1S/C33H43N7O4/c1-23-10-13-25(14-11-23)35-31(42)37-26(16-17-40-20-18-39(5)19-21-40)24-12-15-29(34-22-24)30(41)36-27-8-6-7-9-28(27)38-32(43)44-33(2,3)4/h6-15,22,26H,16-21H2,1-5H3,(H,36,41)(H,38,43)(H2,35,37,42). The third kappa shape index (κ3) is 10.1. The topological polar surface area (TPSA) is 128 Å². The smallest absolute Gasteiger partial charge is 0.412 e. The lowest BCUT2D eigenvalue weighted by atomic mass is 10.0. The Bertz CT molecular complexity index is 1410. The first-order valence-corrected chi connectivity index (χ1v) is 14.9. The quantitative estimate of drug-likeness (QED) is 0.255. The number of hydrogen-bond acceptors (Lipinski definition) is 7. The molecule has 44 heavy (non-hydrogen) atoms. The van der Waals surface area contributed by atoms with Gasteiger partial charge in [0.25, 0.3) is 5.91 Å². The Labute approximate surface area is 259 Å². The molecule has 11 heteroatoms. The predicted octanol–water partition coefficient (Wildman–Crippen LogP) is 5.49. The molecule has 0 saturated carbocycles. The summed E-state index contributed by atoms with van der Waals surface area (Å²) in [6, 6.07) is 17.3. The molecule has 0 aliphatic carbocycles. The van der Waals surface area contributed by atoms with E-state index >= 15 is 0 Å². The third-order valence-corrected chi connectivity index (χ3v) is 7.18. The first kappa shape index (κ1) is 32.4. The molecule has 1 atom stereocenters. The highest BCUT2D eigenvalue weighted by Crippen LogP contribution is 2.24. The molecule has 0 radical (unpaired) electrons. The zero-order chi connectivity index (χ0) is 31.7. The van der Waals surface area contributed by atoms with Crippen molar-refractivity contribution >= 4 is 35.1 Å². The van der Waals surface area contributed by atoms with Crippen molar-refractivity contribution in [2.45, 2.75) is 45.8 Å². The maximum Gasteiger partial charge on any atom is 0.412 e. The summed E-state index contributed by atoms with van der Waals surface area (Å²) >= 11 is 0. The molecular formula is C33H43N7O4. The average molecular weight is 602 g/mol. The van der Waals surface area contributed by atoms with Crippen LogP contribution < -0.4 is 21.3 Å². The third-order valence-electron chi connectivity index (χ3n) is 7.18. The maximum atomic E-state index is 13.1. The number of piperazine rings is 1. The highest BCUT2D eigenvalue weighted by atomic mass is 16.6. The Morgan fingerprint density at radius 3 is 2.16 bits per heavy atom. The number of carbonyl (C=O) groups excluding carboxylic acids is 3. The van der Waals surface area contributed by atoms with Gasteiger partial charge in [-0.05, 0) is 77.1 Å².